The van der Waals surface area contributed by atoms with Gasteiger partial charge in [0.2, 0.25) is 5.91 Å². The largest absolute Gasteiger partial charge is 0.394 e. The van der Waals surface area contributed by atoms with Crippen molar-refractivity contribution in [2.45, 2.75) is 428 Å². The van der Waals surface area contributed by atoms with E-state index in [2.05, 4.69) is 31.3 Å². The van der Waals surface area contributed by atoms with Gasteiger partial charge in [-0.15, -0.1) is 0 Å². The lowest BCUT2D eigenvalue weighted by atomic mass is 9.97. The van der Waals surface area contributed by atoms with Crippen LogP contribution in [-0.4, -0.2) is 140 Å². The molecule has 14 heteroatoms. The van der Waals surface area contributed by atoms with Crippen LogP contribution in [0.3, 0.4) is 0 Å². The van der Waals surface area contributed by atoms with Gasteiger partial charge >= 0.3 is 0 Å². The van der Waals surface area contributed by atoms with Crippen LogP contribution in [0.5, 0.6) is 0 Å². The number of hydrogen-bond donors (Lipinski definition) is 9. The Morgan fingerprint density at radius 1 is 0.393 bits per heavy atom. The monoisotopic (exact) mass is 1270 g/mol. The molecule has 0 bridgehead atoms. The minimum atomic E-state index is -1.79. The molecule has 0 radical (unpaired) electrons. The quantitative estimate of drug-likeness (QED) is 0.0204. The van der Waals surface area contributed by atoms with Gasteiger partial charge in [-0.25, -0.2) is 0 Å². The van der Waals surface area contributed by atoms with Crippen molar-refractivity contribution in [2.75, 3.05) is 19.8 Å². The first kappa shape index (κ1) is 83.6. The summed E-state index contributed by atoms with van der Waals surface area (Å²) in [4.78, 5) is 13.3. The van der Waals surface area contributed by atoms with Crippen molar-refractivity contribution in [3.63, 3.8) is 0 Å². The lowest BCUT2D eigenvalue weighted by Gasteiger charge is -2.46. The van der Waals surface area contributed by atoms with Crippen LogP contribution < -0.4 is 5.32 Å². The first-order valence-corrected chi connectivity index (χ1v) is 38.1. The van der Waals surface area contributed by atoms with Gasteiger partial charge in [0.05, 0.1) is 32.0 Å². The maximum atomic E-state index is 13.3. The lowest BCUT2D eigenvalue weighted by molar-refractivity contribution is -0.359. The summed E-state index contributed by atoms with van der Waals surface area (Å²) in [7, 11) is 0. The van der Waals surface area contributed by atoms with Gasteiger partial charge in [0, 0.05) is 6.42 Å². The zero-order valence-electron chi connectivity index (χ0n) is 57.5. The molecule has 0 saturated carbocycles. The third kappa shape index (κ3) is 44.0. The molecule has 9 N–H and O–H groups in total. The van der Waals surface area contributed by atoms with Crippen molar-refractivity contribution in [1.82, 2.24) is 5.32 Å². The van der Waals surface area contributed by atoms with E-state index in [0.29, 0.717) is 6.42 Å². The number of rotatable bonds is 64. The van der Waals surface area contributed by atoms with Gasteiger partial charge in [-0.05, 0) is 44.9 Å². The van der Waals surface area contributed by atoms with E-state index in [1.807, 2.05) is 6.08 Å². The first-order chi connectivity index (χ1) is 43.6. The molecule has 1 amide bonds. The minimum Gasteiger partial charge on any atom is -0.394 e. The highest BCUT2D eigenvalue weighted by atomic mass is 16.7. The molecule has 2 heterocycles. The highest BCUT2D eigenvalue weighted by Gasteiger charge is 2.51. The van der Waals surface area contributed by atoms with Crippen molar-refractivity contribution in [3.05, 3.63) is 24.3 Å². The molecule has 2 aliphatic rings. The van der Waals surface area contributed by atoms with Crippen LogP contribution in [-0.2, 0) is 23.7 Å². The molecule has 0 aromatic rings. The number of nitrogens with one attached hydrogen (secondary N) is 1. The highest BCUT2D eigenvalue weighted by molar-refractivity contribution is 5.76. The molecule has 0 aromatic carbocycles. The number of aliphatic hydroxyl groups is 8. The number of carbonyl (C=O) groups is 1. The van der Waals surface area contributed by atoms with Crippen LogP contribution in [0.15, 0.2) is 24.3 Å². The number of hydrogen-bond acceptors (Lipinski definition) is 13. The molecule has 89 heavy (non-hydrogen) atoms. The molecule has 2 saturated heterocycles. The number of aliphatic hydroxyl groups excluding tert-OH is 8. The van der Waals surface area contributed by atoms with E-state index in [9.17, 15) is 45.6 Å². The summed E-state index contributed by atoms with van der Waals surface area (Å²) in [5.41, 5.74) is 0. The van der Waals surface area contributed by atoms with Crippen molar-refractivity contribution >= 4 is 5.91 Å². The lowest BCUT2D eigenvalue weighted by Crippen LogP contribution is -2.65. The zero-order chi connectivity index (χ0) is 64.5. The van der Waals surface area contributed by atoms with Gasteiger partial charge < -0.3 is 65.1 Å². The summed E-state index contributed by atoms with van der Waals surface area (Å²) in [5, 5.41) is 87.6. The van der Waals surface area contributed by atoms with Crippen LogP contribution in [0.25, 0.3) is 0 Å². The topological polar surface area (TPSA) is 228 Å². The maximum absolute atomic E-state index is 13.3. The normalized spacial score (nSPS) is 23.1. The number of amides is 1. The molecule has 12 atom stereocenters. The summed E-state index contributed by atoms with van der Waals surface area (Å²) in [5.74, 6) is -0.234. The highest BCUT2D eigenvalue weighted by Crippen LogP contribution is 2.30. The number of carbonyl (C=O) groups excluding carboxylic acids is 1. The second-order valence-electron chi connectivity index (χ2n) is 27.1. The van der Waals surface area contributed by atoms with Crippen molar-refractivity contribution in [1.29, 1.82) is 0 Å². The van der Waals surface area contributed by atoms with Gasteiger partial charge in [-0.2, -0.15) is 0 Å². The SMILES string of the molecule is CCCCCCCCCC/C=C\CCCCCCCCCCCCCC(=O)NC(COC1OC(CO)C(OC2OC(CO)C(O)C(O)C2O)C(O)C1O)C(O)/C=C/CCCCCCCCCCCCCCCCCCCCCCCCCCCCCCCC. The maximum Gasteiger partial charge on any atom is 0.220 e. The molecule has 2 fully saturated rings. The fourth-order valence-corrected chi connectivity index (χ4v) is 12.8. The van der Waals surface area contributed by atoms with Gasteiger partial charge in [0.15, 0.2) is 12.6 Å². The Morgan fingerprint density at radius 3 is 1.07 bits per heavy atom. The van der Waals surface area contributed by atoms with E-state index in [1.54, 1.807) is 6.08 Å². The molecule has 0 spiro atoms. The average molecular weight is 1270 g/mol. The van der Waals surface area contributed by atoms with E-state index in [4.69, 9.17) is 18.9 Å². The van der Waals surface area contributed by atoms with Gasteiger partial charge in [0.25, 0.3) is 0 Å². The van der Waals surface area contributed by atoms with E-state index in [-0.39, 0.29) is 18.9 Å². The van der Waals surface area contributed by atoms with E-state index < -0.39 is 86.8 Å². The Hall–Kier alpha value is -1.53. The predicted octanol–water partition coefficient (Wildman–Crippen LogP) is 16.3. The van der Waals surface area contributed by atoms with Crippen molar-refractivity contribution in [3.8, 4) is 0 Å². The summed E-state index contributed by atoms with van der Waals surface area (Å²) in [6.45, 7) is 2.86. The van der Waals surface area contributed by atoms with Crippen molar-refractivity contribution < 1.29 is 64.6 Å². The zero-order valence-corrected chi connectivity index (χ0v) is 57.5. The molecule has 0 aliphatic carbocycles. The second kappa shape index (κ2) is 60.2. The number of ether oxygens (including phenoxy) is 4. The standard InChI is InChI=1S/C75H143NO13/c1-3-5-7-9-11-13-15-17-19-21-23-25-27-28-29-30-31-32-33-34-35-37-38-40-42-44-46-48-50-52-54-56-58-64(79)63(62-86-74-72(85)70(83)73(66(61-78)88-74)89-75-71(84)69(82)68(81)65(60-77)87-75)76-67(80)59-57-55-53-51-49-47-45-43-41-39-36-26-24-22-20-18-16-14-12-10-8-6-4-2/h22,24,56,58,63-66,68-75,77-79,81-85H,3-21,23,25-55,57,59-62H2,1-2H3,(H,76,80)/b24-22-,58-56+. The molecule has 14 nitrogen and oxygen atoms in total. The minimum absolute atomic E-state index is 0.234. The average Bonchev–Trinajstić information content (AvgIpc) is 3.63. The van der Waals surface area contributed by atoms with E-state index in [0.717, 1.165) is 38.5 Å². The smallest absolute Gasteiger partial charge is 0.220 e. The second-order valence-corrected chi connectivity index (χ2v) is 27.1. The molecular formula is C75H143NO13. The van der Waals surface area contributed by atoms with Crippen LogP contribution in [0.1, 0.15) is 354 Å². The van der Waals surface area contributed by atoms with Gasteiger partial charge in [-0.1, -0.05) is 327 Å². The molecular weight excluding hydrogens is 1120 g/mol. The fraction of sp³-hybridized carbons (Fsp3) is 0.933. The molecule has 526 valence electrons. The summed E-state index contributed by atoms with van der Waals surface area (Å²) in [6.07, 6.45) is 59.6. The molecule has 12 unspecified atom stereocenters. The van der Waals surface area contributed by atoms with E-state index in [1.165, 1.54) is 289 Å². The Balaban J connectivity index is 1.64. The third-order valence-corrected chi connectivity index (χ3v) is 18.9. The predicted molar refractivity (Wildman–Crippen MR) is 365 cm³/mol. The van der Waals surface area contributed by atoms with Crippen LogP contribution in [0, 0.1) is 0 Å². The Kier molecular flexibility index (Phi) is 56.5. The van der Waals surface area contributed by atoms with Gasteiger partial charge in [-0.3, -0.25) is 4.79 Å². The molecule has 2 rings (SSSR count). The Labute approximate surface area is 545 Å². The number of allylic oxidation sites excluding steroid dienone is 3. The summed E-state index contributed by atoms with van der Waals surface area (Å²) in [6, 6.07) is -0.915. The van der Waals surface area contributed by atoms with Crippen LogP contribution in [0.2, 0.25) is 0 Å². The fourth-order valence-electron chi connectivity index (χ4n) is 12.8. The van der Waals surface area contributed by atoms with Crippen LogP contribution >= 0.6 is 0 Å². The summed E-state index contributed by atoms with van der Waals surface area (Å²) >= 11 is 0. The molecule has 0 aromatic heterocycles. The van der Waals surface area contributed by atoms with Gasteiger partial charge in [0.1, 0.15) is 48.8 Å². The summed E-state index contributed by atoms with van der Waals surface area (Å²) < 4.78 is 22.9. The van der Waals surface area contributed by atoms with Crippen LogP contribution in [0.4, 0.5) is 0 Å². The Bertz CT molecular complexity index is 1590. The van der Waals surface area contributed by atoms with E-state index >= 15 is 0 Å². The van der Waals surface area contributed by atoms with Crippen molar-refractivity contribution in [2.24, 2.45) is 0 Å². The molecule has 2 aliphatic heterocycles. The first-order valence-electron chi connectivity index (χ1n) is 38.1. The number of unbranched alkanes of at least 4 members (excludes halogenated alkanes) is 49. The third-order valence-electron chi connectivity index (χ3n) is 18.9. The Morgan fingerprint density at radius 2 is 0.708 bits per heavy atom.